The Morgan fingerprint density at radius 3 is 1.47 bits per heavy atom. The molecule has 0 aromatic rings. The molecule has 0 fully saturated rings. The standard InChI is InChI=1S/C9H20Cl4N2O2P2/c10-5-1-3-7-14-18(16)9(12,13)19(17)15-8-4-2-6-11/h18-19H,1-8H2,(H,14,16)(H,15,17). The van der Waals surface area contributed by atoms with Crippen molar-refractivity contribution in [3.8, 4) is 0 Å². The maximum atomic E-state index is 11.9. The van der Waals surface area contributed by atoms with Crippen molar-refractivity contribution in [3.05, 3.63) is 0 Å². The van der Waals surface area contributed by atoms with Gasteiger partial charge in [0.1, 0.15) is 0 Å². The molecule has 0 radical (unpaired) electrons. The number of alkyl halides is 4. The van der Waals surface area contributed by atoms with Crippen LogP contribution in [0.1, 0.15) is 25.7 Å². The van der Waals surface area contributed by atoms with E-state index in [0.717, 1.165) is 25.7 Å². The molecular weight excluding hydrogens is 372 g/mol. The van der Waals surface area contributed by atoms with Gasteiger partial charge in [0.2, 0.25) is 3.82 Å². The van der Waals surface area contributed by atoms with Gasteiger partial charge in [0.25, 0.3) is 0 Å². The number of unbranched alkanes of at least 4 members (excludes halogenated alkanes) is 2. The van der Waals surface area contributed by atoms with E-state index in [0.29, 0.717) is 24.8 Å². The van der Waals surface area contributed by atoms with Gasteiger partial charge in [-0.3, -0.25) is 10.2 Å². The van der Waals surface area contributed by atoms with Crippen LogP contribution in [0.3, 0.4) is 0 Å². The Morgan fingerprint density at radius 1 is 0.789 bits per heavy atom. The predicted octanol–water partition coefficient (Wildman–Crippen LogP) is 4.24. The molecule has 0 saturated carbocycles. The van der Waals surface area contributed by atoms with Crippen molar-refractivity contribution < 1.29 is 9.13 Å². The Morgan fingerprint density at radius 2 is 1.16 bits per heavy atom. The molecule has 0 rings (SSSR count). The van der Waals surface area contributed by atoms with E-state index < -0.39 is 19.7 Å². The minimum atomic E-state index is -2.56. The van der Waals surface area contributed by atoms with Crippen LogP contribution in [-0.2, 0) is 9.13 Å². The largest absolute Gasteiger partial charge is 0.306 e. The van der Waals surface area contributed by atoms with E-state index in [1.54, 1.807) is 0 Å². The first-order valence-electron chi connectivity index (χ1n) is 6.03. The van der Waals surface area contributed by atoms with Crippen LogP contribution in [0.25, 0.3) is 0 Å². The molecule has 116 valence electrons. The van der Waals surface area contributed by atoms with Crippen LogP contribution in [0.2, 0.25) is 0 Å². The van der Waals surface area contributed by atoms with Gasteiger partial charge < -0.3 is 9.13 Å². The highest BCUT2D eigenvalue weighted by molar-refractivity contribution is 7.70. The van der Waals surface area contributed by atoms with Gasteiger partial charge >= 0.3 is 0 Å². The van der Waals surface area contributed by atoms with Crippen molar-refractivity contribution in [2.45, 2.75) is 29.5 Å². The maximum absolute atomic E-state index is 11.9. The van der Waals surface area contributed by atoms with Crippen molar-refractivity contribution in [2.24, 2.45) is 0 Å². The molecule has 0 saturated heterocycles. The molecule has 4 nitrogen and oxygen atoms in total. The van der Waals surface area contributed by atoms with Crippen LogP contribution in [0, 0.1) is 0 Å². The lowest BCUT2D eigenvalue weighted by Crippen LogP contribution is -2.19. The number of rotatable bonds is 12. The second kappa shape index (κ2) is 12.1. The van der Waals surface area contributed by atoms with Gasteiger partial charge in [-0.1, -0.05) is 23.2 Å². The molecule has 0 bridgehead atoms. The summed E-state index contributed by atoms with van der Waals surface area (Å²) in [7, 11) is -5.11. The fourth-order valence-electron chi connectivity index (χ4n) is 1.17. The van der Waals surface area contributed by atoms with E-state index in [-0.39, 0.29) is 0 Å². The van der Waals surface area contributed by atoms with Crippen molar-refractivity contribution in [1.82, 2.24) is 10.2 Å². The van der Waals surface area contributed by atoms with Crippen LogP contribution in [-0.4, -0.2) is 28.7 Å². The number of nitrogens with one attached hydrogen (secondary N) is 2. The molecular formula is C9H20Cl4N2O2P2. The zero-order valence-electron chi connectivity index (χ0n) is 10.5. The third-order valence-corrected chi connectivity index (χ3v) is 8.50. The minimum absolute atomic E-state index is 0.493. The van der Waals surface area contributed by atoms with E-state index >= 15 is 0 Å². The Bertz CT molecular complexity index is 269. The second-order valence-corrected chi connectivity index (χ2v) is 11.3. The molecule has 2 atom stereocenters. The van der Waals surface area contributed by atoms with E-state index in [2.05, 4.69) is 10.2 Å². The summed E-state index contributed by atoms with van der Waals surface area (Å²) in [5.74, 6) is 1.10. The average molecular weight is 392 g/mol. The van der Waals surface area contributed by atoms with E-state index in [1.165, 1.54) is 0 Å². The van der Waals surface area contributed by atoms with Crippen LogP contribution < -0.4 is 10.2 Å². The summed E-state index contributed by atoms with van der Waals surface area (Å²) in [5.41, 5.74) is 0. The van der Waals surface area contributed by atoms with E-state index in [1.807, 2.05) is 0 Å². The van der Waals surface area contributed by atoms with Crippen molar-refractivity contribution in [1.29, 1.82) is 0 Å². The average Bonchev–Trinajstić information content (AvgIpc) is 2.39. The fraction of sp³-hybridized carbons (Fsp3) is 1.00. The van der Waals surface area contributed by atoms with E-state index in [9.17, 15) is 9.13 Å². The first-order chi connectivity index (χ1) is 8.96. The van der Waals surface area contributed by atoms with Gasteiger partial charge in [-0.2, -0.15) is 0 Å². The molecule has 2 unspecified atom stereocenters. The number of halogens is 4. The van der Waals surface area contributed by atoms with Crippen molar-refractivity contribution in [2.75, 3.05) is 24.8 Å². The Balaban J connectivity index is 4.04. The summed E-state index contributed by atoms with van der Waals surface area (Å²) in [6.07, 6.45) is 3.17. The third-order valence-electron chi connectivity index (χ3n) is 2.26. The zero-order valence-corrected chi connectivity index (χ0v) is 15.5. The van der Waals surface area contributed by atoms with Crippen molar-refractivity contribution in [3.63, 3.8) is 0 Å². The van der Waals surface area contributed by atoms with Crippen LogP contribution >= 0.6 is 62.3 Å². The summed E-state index contributed by atoms with van der Waals surface area (Å²) >= 11 is 22.9. The van der Waals surface area contributed by atoms with Crippen molar-refractivity contribution >= 4 is 62.3 Å². The lowest BCUT2D eigenvalue weighted by atomic mass is 10.3. The molecule has 0 amide bonds. The van der Waals surface area contributed by atoms with Gasteiger partial charge in [0.15, 0.2) is 15.9 Å². The van der Waals surface area contributed by atoms with Gasteiger partial charge in [-0.05, 0) is 25.7 Å². The smallest absolute Gasteiger partial charge is 0.242 e. The highest BCUT2D eigenvalue weighted by atomic mass is 35.5. The first-order valence-corrected chi connectivity index (χ1v) is 10.7. The molecule has 0 aromatic carbocycles. The monoisotopic (exact) mass is 390 g/mol. The topological polar surface area (TPSA) is 58.2 Å². The molecule has 0 aliphatic heterocycles. The Hall–Kier alpha value is 1.54. The number of hydrogen-bond donors (Lipinski definition) is 2. The summed E-state index contributed by atoms with van der Waals surface area (Å²) in [4.78, 5) is 0. The van der Waals surface area contributed by atoms with Gasteiger partial charge in [-0.15, -0.1) is 23.2 Å². The highest BCUT2D eigenvalue weighted by Crippen LogP contribution is 2.57. The zero-order chi connectivity index (χ0) is 14.7. The lowest BCUT2D eigenvalue weighted by molar-refractivity contribution is 0.566. The molecule has 10 heteroatoms. The summed E-state index contributed by atoms with van der Waals surface area (Å²) in [6, 6.07) is 0. The molecule has 0 spiro atoms. The Kier molecular flexibility index (Phi) is 13.1. The molecule has 0 aliphatic rings. The molecule has 19 heavy (non-hydrogen) atoms. The first kappa shape index (κ1) is 20.5. The van der Waals surface area contributed by atoms with Crippen LogP contribution in [0.4, 0.5) is 0 Å². The summed E-state index contributed by atoms with van der Waals surface area (Å²) in [6.45, 7) is 0.986. The quantitative estimate of drug-likeness (QED) is 0.297. The molecule has 0 heterocycles. The summed E-state index contributed by atoms with van der Waals surface area (Å²) in [5, 5.41) is 5.46. The van der Waals surface area contributed by atoms with Crippen LogP contribution in [0.5, 0.6) is 0 Å². The SMILES string of the molecule is O=[PH](NCCCCCl)C(Cl)(Cl)[PH](=O)NCCCCCl. The summed E-state index contributed by atoms with van der Waals surface area (Å²) < 4.78 is 22.1. The molecule has 2 N–H and O–H groups in total. The Labute approximate surface area is 135 Å². The lowest BCUT2D eigenvalue weighted by Gasteiger charge is -2.20. The second-order valence-electron chi connectivity index (χ2n) is 3.88. The normalized spacial score (nSPS) is 15.4. The fourth-order valence-corrected chi connectivity index (χ4v) is 4.95. The van der Waals surface area contributed by atoms with Gasteiger partial charge in [-0.25, -0.2) is 0 Å². The predicted molar refractivity (Wildman–Crippen MR) is 88.4 cm³/mol. The highest BCUT2D eigenvalue weighted by Gasteiger charge is 2.38. The van der Waals surface area contributed by atoms with Gasteiger partial charge in [0, 0.05) is 24.8 Å². The minimum Gasteiger partial charge on any atom is -0.306 e. The van der Waals surface area contributed by atoms with E-state index in [4.69, 9.17) is 46.4 Å². The maximum Gasteiger partial charge on any atom is 0.242 e. The molecule has 0 aliphatic carbocycles. The van der Waals surface area contributed by atoms with Gasteiger partial charge in [0.05, 0.1) is 0 Å². The molecule has 0 aromatic heterocycles. The number of hydrogen-bond acceptors (Lipinski definition) is 2. The van der Waals surface area contributed by atoms with Crippen LogP contribution in [0.15, 0.2) is 0 Å². The third kappa shape index (κ3) is 9.22.